The summed E-state index contributed by atoms with van der Waals surface area (Å²) in [6, 6.07) is -0.000990. The first kappa shape index (κ1) is 13.7. The van der Waals surface area contributed by atoms with Crippen molar-refractivity contribution in [2.75, 3.05) is 24.0 Å². The number of rotatable bonds is 5. The Bertz CT molecular complexity index is 382. The maximum atomic E-state index is 9.19. The van der Waals surface area contributed by atoms with E-state index in [9.17, 15) is 5.11 Å². The molecule has 1 heterocycles. The maximum absolute atomic E-state index is 9.19. The van der Waals surface area contributed by atoms with Crippen molar-refractivity contribution in [1.82, 2.24) is 9.97 Å². The molecule has 0 aromatic carbocycles. The molecule has 1 rings (SSSR count). The van der Waals surface area contributed by atoms with E-state index in [0.29, 0.717) is 5.82 Å². The minimum absolute atomic E-state index is 0.000990. The van der Waals surface area contributed by atoms with Crippen LogP contribution < -0.4 is 16.2 Å². The highest BCUT2D eigenvalue weighted by Crippen LogP contribution is 2.23. The topological polar surface area (TPSA) is 87.3 Å². The minimum Gasteiger partial charge on any atom is -0.394 e. The fourth-order valence-electron chi connectivity index (χ4n) is 1.52. The Labute approximate surface area is 102 Å². The van der Waals surface area contributed by atoms with Crippen LogP contribution in [0.2, 0.25) is 0 Å². The van der Waals surface area contributed by atoms with Gasteiger partial charge in [0.2, 0.25) is 0 Å². The van der Waals surface area contributed by atoms with Crippen LogP contribution >= 0.6 is 0 Å². The zero-order valence-corrected chi connectivity index (χ0v) is 10.9. The van der Waals surface area contributed by atoms with E-state index in [1.807, 2.05) is 32.7 Å². The summed E-state index contributed by atoms with van der Waals surface area (Å²) < 4.78 is 0. The van der Waals surface area contributed by atoms with Gasteiger partial charge in [0.25, 0.3) is 0 Å². The van der Waals surface area contributed by atoms with Crippen LogP contribution in [0.15, 0.2) is 0 Å². The predicted octanol–water partition coefficient (Wildman–Crippen LogP) is 0.450. The lowest BCUT2D eigenvalue weighted by Gasteiger charge is -2.26. The summed E-state index contributed by atoms with van der Waals surface area (Å²) in [5, 5.41) is 9.19. The van der Waals surface area contributed by atoms with E-state index in [2.05, 4.69) is 15.4 Å². The number of aliphatic hydroxyl groups excluding tert-OH is 1. The average molecular weight is 239 g/mol. The van der Waals surface area contributed by atoms with Gasteiger partial charge in [0.15, 0.2) is 0 Å². The molecule has 1 aromatic heterocycles. The zero-order chi connectivity index (χ0) is 13.0. The number of aryl methyl sites for hydroxylation is 1. The van der Waals surface area contributed by atoms with Gasteiger partial charge in [-0.25, -0.2) is 15.8 Å². The number of nitrogens with two attached hydrogens (primary N) is 1. The number of anilines is 2. The van der Waals surface area contributed by atoms with Gasteiger partial charge in [0.1, 0.15) is 17.5 Å². The molecule has 1 unspecified atom stereocenters. The Kier molecular flexibility index (Phi) is 4.65. The van der Waals surface area contributed by atoms with Crippen LogP contribution in [0.1, 0.15) is 25.2 Å². The molecule has 1 atom stereocenters. The van der Waals surface area contributed by atoms with Crippen molar-refractivity contribution < 1.29 is 5.11 Å². The van der Waals surface area contributed by atoms with E-state index in [-0.39, 0.29) is 12.6 Å². The van der Waals surface area contributed by atoms with Gasteiger partial charge in [-0.1, -0.05) is 6.92 Å². The van der Waals surface area contributed by atoms with Crippen LogP contribution in [0.5, 0.6) is 0 Å². The van der Waals surface area contributed by atoms with Crippen molar-refractivity contribution in [3.63, 3.8) is 0 Å². The molecule has 0 spiro atoms. The van der Waals surface area contributed by atoms with Gasteiger partial charge in [0.05, 0.1) is 12.6 Å². The molecule has 6 heteroatoms. The number of nitrogens with zero attached hydrogens (tertiary/aromatic N) is 3. The lowest BCUT2D eigenvalue weighted by atomic mass is 10.2. The molecule has 0 saturated carbocycles. The van der Waals surface area contributed by atoms with Gasteiger partial charge in [-0.3, -0.25) is 0 Å². The smallest absolute Gasteiger partial charge is 0.148 e. The number of hydrogen-bond acceptors (Lipinski definition) is 6. The standard InChI is InChI=1S/C11H21N5O/c1-5-9-13-10(15-12)8(3)11(14-9)16(4)7(2)6-17/h7,17H,5-6,12H2,1-4H3,(H,13,14,15). The lowest BCUT2D eigenvalue weighted by Crippen LogP contribution is -2.33. The van der Waals surface area contributed by atoms with Gasteiger partial charge in [-0.05, 0) is 13.8 Å². The Balaban J connectivity index is 3.21. The lowest BCUT2D eigenvalue weighted by molar-refractivity contribution is 0.269. The number of hydrazine groups is 1. The van der Waals surface area contributed by atoms with Crippen molar-refractivity contribution in [2.45, 2.75) is 33.2 Å². The van der Waals surface area contributed by atoms with Crippen molar-refractivity contribution in [1.29, 1.82) is 0 Å². The van der Waals surface area contributed by atoms with Crippen LogP contribution in [0.3, 0.4) is 0 Å². The van der Waals surface area contributed by atoms with Gasteiger partial charge in [0, 0.05) is 19.0 Å². The van der Waals surface area contributed by atoms with E-state index < -0.39 is 0 Å². The second kappa shape index (κ2) is 5.79. The molecule has 0 aliphatic rings. The van der Waals surface area contributed by atoms with Crippen LogP contribution in [-0.2, 0) is 6.42 Å². The second-order valence-corrected chi connectivity index (χ2v) is 4.08. The number of aromatic nitrogens is 2. The average Bonchev–Trinajstić information content (AvgIpc) is 2.37. The van der Waals surface area contributed by atoms with E-state index >= 15 is 0 Å². The van der Waals surface area contributed by atoms with Crippen molar-refractivity contribution in [3.05, 3.63) is 11.4 Å². The third-order valence-electron chi connectivity index (χ3n) is 2.88. The monoisotopic (exact) mass is 239 g/mol. The highest BCUT2D eigenvalue weighted by molar-refractivity contribution is 5.58. The van der Waals surface area contributed by atoms with Crippen LogP contribution in [-0.4, -0.2) is 34.8 Å². The van der Waals surface area contributed by atoms with Gasteiger partial charge < -0.3 is 15.4 Å². The molecule has 0 saturated heterocycles. The Hall–Kier alpha value is -1.40. The first-order chi connectivity index (χ1) is 8.04. The third kappa shape index (κ3) is 2.83. The maximum Gasteiger partial charge on any atom is 0.148 e. The quantitative estimate of drug-likeness (QED) is 0.511. The molecule has 96 valence electrons. The summed E-state index contributed by atoms with van der Waals surface area (Å²) in [6.07, 6.45) is 0.739. The molecule has 4 N–H and O–H groups in total. The molecule has 0 bridgehead atoms. The number of nitrogen functional groups attached to an aromatic ring is 1. The van der Waals surface area contributed by atoms with E-state index in [1.165, 1.54) is 0 Å². The highest BCUT2D eigenvalue weighted by Gasteiger charge is 2.16. The van der Waals surface area contributed by atoms with Crippen molar-refractivity contribution >= 4 is 11.6 Å². The molecule has 6 nitrogen and oxygen atoms in total. The van der Waals surface area contributed by atoms with E-state index in [0.717, 1.165) is 23.6 Å². The van der Waals surface area contributed by atoms with Gasteiger partial charge in [-0.15, -0.1) is 0 Å². The Morgan fingerprint density at radius 2 is 2.12 bits per heavy atom. The summed E-state index contributed by atoms with van der Waals surface area (Å²) in [5.74, 6) is 7.60. The SMILES string of the molecule is CCc1nc(NN)c(C)c(N(C)C(C)CO)n1. The fourth-order valence-corrected chi connectivity index (χ4v) is 1.52. The van der Waals surface area contributed by atoms with Crippen molar-refractivity contribution in [2.24, 2.45) is 5.84 Å². The molecule has 0 aliphatic carbocycles. The first-order valence-electron chi connectivity index (χ1n) is 5.72. The second-order valence-electron chi connectivity index (χ2n) is 4.08. The van der Waals surface area contributed by atoms with Crippen LogP contribution in [0.25, 0.3) is 0 Å². The third-order valence-corrected chi connectivity index (χ3v) is 2.88. The van der Waals surface area contributed by atoms with Crippen LogP contribution in [0.4, 0.5) is 11.6 Å². The fraction of sp³-hybridized carbons (Fsp3) is 0.636. The summed E-state index contributed by atoms with van der Waals surface area (Å²) >= 11 is 0. The zero-order valence-electron chi connectivity index (χ0n) is 10.9. The van der Waals surface area contributed by atoms with Crippen LogP contribution in [0, 0.1) is 6.92 Å². The Morgan fingerprint density at radius 3 is 2.59 bits per heavy atom. The largest absolute Gasteiger partial charge is 0.394 e. The molecular formula is C11H21N5O. The number of likely N-dealkylation sites (N-methyl/N-ethyl adjacent to an activating group) is 1. The molecule has 0 radical (unpaired) electrons. The molecule has 0 fully saturated rings. The van der Waals surface area contributed by atoms with Crippen molar-refractivity contribution in [3.8, 4) is 0 Å². The van der Waals surface area contributed by atoms with E-state index in [1.54, 1.807) is 0 Å². The summed E-state index contributed by atoms with van der Waals surface area (Å²) in [5.41, 5.74) is 3.46. The molecule has 0 amide bonds. The summed E-state index contributed by atoms with van der Waals surface area (Å²) in [7, 11) is 1.90. The minimum atomic E-state index is -0.000990. The summed E-state index contributed by atoms with van der Waals surface area (Å²) in [6.45, 7) is 5.91. The highest BCUT2D eigenvalue weighted by atomic mass is 16.3. The molecular weight excluding hydrogens is 218 g/mol. The number of nitrogens with one attached hydrogen (secondary N) is 1. The number of hydrogen-bond donors (Lipinski definition) is 3. The molecule has 1 aromatic rings. The first-order valence-corrected chi connectivity index (χ1v) is 5.72. The summed E-state index contributed by atoms with van der Waals surface area (Å²) in [4.78, 5) is 10.7. The Morgan fingerprint density at radius 1 is 1.47 bits per heavy atom. The van der Waals surface area contributed by atoms with E-state index in [4.69, 9.17) is 5.84 Å². The van der Waals surface area contributed by atoms with Gasteiger partial charge in [-0.2, -0.15) is 0 Å². The normalized spacial score (nSPS) is 12.4. The number of aliphatic hydroxyl groups is 1. The van der Waals surface area contributed by atoms with Gasteiger partial charge >= 0.3 is 0 Å². The predicted molar refractivity (Wildman–Crippen MR) is 68.9 cm³/mol. The molecule has 0 aliphatic heterocycles. The molecule has 17 heavy (non-hydrogen) atoms.